The van der Waals surface area contributed by atoms with E-state index < -0.39 is 0 Å². The highest BCUT2D eigenvalue weighted by Crippen LogP contribution is 2.14. The topological polar surface area (TPSA) is 67.6 Å². The van der Waals surface area contributed by atoms with Crippen LogP contribution in [0.2, 0.25) is 0 Å². The Morgan fingerprint density at radius 3 is 2.56 bits per heavy atom. The molecule has 1 aromatic heterocycles. The molecule has 0 amide bonds. The molecule has 2 rings (SSSR count). The summed E-state index contributed by atoms with van der Waals surface area (Å²) in [6.45, 7) is 2.64. The normalized spacial score (nSPS) is 9.88. The van der Waals surface area contributed by atoms with Gasteiger partial charge in [-0.2, -0.15) is 5.10 Å². The summed E-state index contributed by atoms with van der Waals surface area (Å²) in [5.41, 5.74) is 7.70. The van der Waals surface area contributed by atoms with Gasteiger partial charge in [-0.3, -0.25) is 5.10 Å². The summed E-state index contributed by atoms with van der Waals surface area (Å²) in [5, 5.41) is 7.02. The number of aromatic nitrogens is 3. The van der Waals surface area contributed by atoms with Crippen LogP contribution in [0.3, 0.4) is 0 Å². The first kappa shape index (κ1) is 12.7. The Morgan fingerprint density at radius 1 is 1.25 bits per heavy atom. The molecule has 1 heterocycles. The maximum absolute atomic E-state index is 5.44. The molecule has 16 heavy (non-hydrogen) atoms. The molecule has 0 aliphatic heterocycles. The maximum Gasteiger partial charge on any atom is 0.181 e. The van der Waals surface area contributed by atoms with E-state index >= 15 is 0 Å². The third-order valence-electron chi connectivity index (χ3n) is 2.22. The molecule has 0 aliphatic rings. The van der Waals surface area contributed by atoms with Crippen molar-refractivity contribution in [3.8, 4) is 11.4 Å². The number of hydrogen-bond acceptors (Lipinski definition) is 3. The number of aromatic amines is 1. The van der Waals surface area contributed by atoms with E-state index in [0.717, 1.165) is 23.6 Å². The van der Waals surface area contributed by atoms with Gasteiger partial charge in [0.2, 0.25) is 0 Å². The molecule has 0 aliphatic carbocycles. The van der Waals surface area contributed by atoms with Crippen molar-refractivity contribution in [3.05, 3.63) is 35.7 Å². The Hall–Kier alpha value is -1.39. The van der Waals surface area contributed by atoms with Crippen LogP contribution >= 0.6 is 12.4 Å². The summed E-state index contributed by atoms with van der Waals surface area (Å²) in [5.74, 6) is 1.58. The molecule has 0 spiro atoms. The number of H-pyrrole nitrogens is 1. The van der Waals surface area contributed by atoms with Crippen molar-refractivity contribution in [2.45, 2.75) is 13.3 Å². The van der Waals surface area contributed by atoms with E-state index in [1.807, 2.05) is 24.3 Å². The Kier molecular flexibility index (Phi) is 4.46. The molecule has 5 heteroatoms. The van der Waals surface area contributed by atoms with Crippen LogP contribution in [-0.2, 0) is 6.42 Å². The molecule has 0 atom stereocenters. The smallest absolute Gasteiger partial charge is 0.181 e. The Morgan fingerprint density at radius 2 is 1.94 bits per heavy atom. The van der Waals surface area contributed by atoms with Gasteiger partial charge in [-0.15, -0.1) is 12.4 Å². The highest BCUT2D eigenvalue weighted by Gasteiger charge is 2.04. The van der Waals surface area contributed by atoms with Gasteiger partial charge >= 0.3 is 0 Å². The van der Waals surface area contributed by atoms with Crippen molar-refractivity contribution in [1.29, 1.82) is 0 Å². The van der Waals surface area contributed by atoms with Crippen LogP contribution in [0.25, 0.3) is 11.4 Å². The first-order valence-corrected chi connectivity index (χ1v) is 4.98. The predicted octanol–water partition coefficient (Wildman–Crippen LogP) is 1.70. The molecule has 2 aromatic rings. The molecule has 0 radical (unpaired) electrons. The van der Waals surface area contributed by atoms with Crippen molar-refractivity contribution < 1.29 is 0 Å². The van der Waals surface area contributed by atoms with Gasteiger partial charge in [-0.1, -0.05) is 29.8 Å². The summed E-state index contributed by atoms with van der Waals surface area (Å²) in [6.07, 6.45) is 0.735. The molecule has 0 saturated heterocycles. The van der Waals surface area contributed by atoms with Crippen LogP contribution in [-0.4, -0.2) is 21.7 Å². The van der Waals surface area contributed by atoms with Crippen molar-refractivity contribution in [3.63, 3.8) is 0 Å². The fraction of sp³-hybridized carbons (Fsp3) is 0.273. The number of benzene rings is 1. The van der Waals surface area contributed by atoms with Gasteiger partial charge < -0.3 is 5.73 Å². The zero-order chi connectivity index (χ0) is 10.7. The Labute approximate surface area is 101 Å². The lowest BCUT2D eigenvalue weighted by Gasteiger charge is -1.95. The molecule has 0 unspecified atom stereocenters. The molecule has 4 nitrogen and oxygen atoms in total. The summed E-state index contributed by atoms with van der Waals surface area (Å²) < 4.78 is 0. The van der Waals surface area contributed by atoms with Crippen molar-refractivity contribution in [2.75, 3.05) is 6.54 Å². The van der Waals surface area contributed by atoms with E-state index in [4.69, 9.17) is 5.73 Å². The molecule has 3 N–H and O–H groups in total. The standard InChI is InChI=1S/C11H14N4.ClH/c1-8-2-4-9(5-3-8)11-13-10(6-7-12)14-15-11;/h2-5H,6-7,12H2,1H3,(H,13,14,15);1H. The number of hydrogen-bond donors (Lipinski definition) is 2. The molecule has 86 valence electrons. The number of nitrogens with two attached hydrogens (primary N) is 1. The summed E-state index contributed by atoms with van der Waals surface area (Å²) in [6, 6.07) is 8.14. The zero-order valence-corrected chi connectivity index (χ0v) is 9.92. The van der Waals surface area contributed by atoms with Gasteiger partial charge in [-0.25, -0.2) is 4.98 Å². The van der Waals surface area contributed by atoms with Gasteiger partial charge in [-0.05, 0) is 13.5 Å². The summed E-state index contributed by atoms with van der Waals surface area (Å²) >= 11 is 0. The second kappa shape index (κ2) is 5.63. The highest BCUT2D eigenvalue weighted by molar-refractivity contribution is 5.85. The van der Waals surface area contributed by atoms with Crippen molar-refractivity contribution >= 4 is 12.4 Å². The first-order valence-electron chi connectivity index (χ1n) is 4.98. The third kappa shape index (κ3) is 2.81. The number of rotatable bonds is 3. The SMILES string of the molecule is Cc1ccc(-c2n[nH]c(CCN)n2)cc1.Cl. The fourth-order valence-electron chi connectivity index (χ4n) is 1.38. The van der Waals surface area contributed by atoms with Gasteiger partial charge in [0.15, 0.2) is 5.82 Å². The minimum Gasteiger partial charge on any atom is -0.330 e. The minimum atomic E-state index is 0. The number of nitrogens with zero attached hydrogens (tertiary/aromatic N) is 2. The first-order chi connectivity index (χ1) is 7.29. The average molecular weight is 239 g/mol. The lowest BCUT2D eigenvalue weighted by atomic mass is 10.1. The summed E-state index contributed by atoms with van der Waals surface area (Å²) in [4.78, 5) is 4.35. The quantitative estimate of drug-likeness (QED) is 0.855. The number of aryl methyl sites for hydroxylation is 1. The van der Waals surface area contributed by atoms with E-state index in [-0.39, 0.29) is 12.4 Å². The molecular weight excluding hydrogens is 224 g/mol. The summed E-state index contributed by atoms with van der Waals surface area (Å²) in [7, 11) is 0. The monoisotopic (exact) mass is 238 g/mol. The lowest BCUT2D eigenvalue weighted by Crippen LogP contribution is -2.03. The van der Waals surface area contributed by atoms with Crippen LogP contribution in [0.4, 0.5) is 0 Å². The molecule has 1 aromatic carbocycles. The average Bonchev–Trinajstić information content (AvgIpc) is 2.68. The van der Waals surface area contributed by atoms with E-state index in [2.05, 4.69) is 22.1 Å². The molecule has 0 saturated carbocycles. The van der Waals surface area contributed by atoms with Gasteiger partial charge in [0, 0.05) is 12.0 Å². The van der Waals surface area contributed by atoms with E-state index in [1.165, 1.54) is 5.56 Å². The van der Waals surface area contributed by atoms with Gasteiger partial charge in [0.25, 0.3) is 0 Å². The number of halogens is 1. The molecule has 0 bridgehead atoms. The van der Waals surface area contributed by atoms with Crippen molar-refractivity contribution in [1.82, 2.24) is 15.2 Å². The van der Waals surface area contributed by atoms with Crippen LogP contribution in [0, 0.1) is 6.92 Å². The van der Waals surface area contributed by atoms with Gasteiger partial charge in [0.05, 0.1) is 0 Å². The predicted molar refractivity (Wildman–Crippen MR) is 66.6 cm³/mol. The second-order valence-electron chi connectivity index (χ2n) is 3.51. The highest BCUT2D eigenvalue weighted by atomic mass is 35.5. The van der Waals surface area contributed by atoms with E-state index in [0.29, 0.717) is 6.54 Å². The Balaban J connectivity index is 0.00000128. The van der Waals surface area contributed by atoms with Crippen LogP contribution in [0.5, 0.6) is 0 Å². The molecule has 0 fully saturated rings. The van der Waals surface area contributed by atoms with E-state index in [1.54, 1.807) is 0 Å². The van der Waals surface area contributed by atoms with Crippen LogP contribution < -0.4 is 5.73 Å². The zero-order valence-electron chi connectivity index (χ0n) is 9.10. The van der Waals surface area contributed by atoms with Crippen LogP contribution in [0.15, 0.2) is 24.3 Å². The third-order valence-corrected chi connectivity index (χ3v) is 2.22. The van der Waals surface area contributed by atoms with Crippen molar-refractivity contribution in [2.24, 2.45) is 5.73 Å². The lowest BCUT2D eigenvalue weighted by molar-refractivity contribution is 0.874. The minimum absolute atomic E-state index is 0. The van der Waals surface area contributed by atoms with Gasteiger partial charge in [0.1, 0.15) is 5.82 Å². The maximum atomic E-state index is 5.44. The largest absolute Gasteiger partial charge is 0.330 e. The Bertz CT molecular complexity index is 436. The van der Waals surface area contributed by atoms with Crippen LogP contribution in [0.1, 0.15) is 11.4 Å². The second-order valence-corrected chi connectivity index (χ2v) is 3.51. The fourth-order valence-corrected chi connectivity index (χ4v) is 1.38. The van der Waals surface area contributed by atoms with E-state index in [9.17, 15) is 0 Å². The number of nitrogens with one attached hydrogen (secondary N) is 1. The molecular formula is C11H15ClN4.